The Kier molecular flexibility index (Phi) is 5.97. The number of hydrogen-bond acceptors (Lipinski definition) is 4. The van der Waals surface area contributed by atoms with Gasteiger partial charge in [0, 0.05) is 22.2 Å². The van der Waals surface area contributed by atoms with E-state index in [1.165, 1.54) is 17.7 Å². The highest BCUT2D eigenvalue weighted by atomic mass is 32.2. The van der Waals surface area contributed by atoms with Crippen molar-refractivity contribution < 1.29 is 0 Å². The van der Waals surface area contributed by atoms with Crippen LogP contribution in [0.15, 0.2) is 5.51 Å². The number of aryl methyl sites for hydroxylation is 1. The first-order chi connectivity index (χ1) is 8.08. The number of thioether (sulfide) groups is 1. The minimum atomic E-state index is 0.382. The highest BCUT2D eigenvalue weighted by Gasteiger charge is 2.25. The van der Waals surface area contributed by atoms with Crippen LogP contribution in [-0.2, 0) is 0 Å². The molecule has 0 saturated heterocycles. The van der Waals surface area contributed by atoms with Crippen LogP contribution in [0, 0.1) is 6.92 Å². The SMILES string of the molecule is CCC(CC)(CNC(C)c1scnc1C)SC. The first kappa shape index (κ1) is 15.0. The fourth-order valence-electron chi connectivity index (χ4n) is 2.02. The van der Waals surface area contributed by atoms with Crippen molar-refractivity contribution in [3.63, 3.8) is 0 Å². The maximum atomic E-state index is 4.32. The summed E-state index contributed by atoms with van der Waals surface area (Å²) in [4.78, 5) is 5.68. The maximum absolute atomic E-state index is 4.32. The normalized spacial score (nSPS) is 13.9. The Morgan fingerprint density at radius 2 is 2.12 bits per heavy atom. The Bertz CT molecular complexity index is 324. The maximum Gasteiger partial charge on any atom is 0.0798 e. The Morgan fingerprint density at radius 3 is 2.53 bits per heavy atom. The molecule has 0 amide bonds. The van der Waals surface area contributed by atoms with E-state index < -0.39 is 0 Å². The van der Waals surface area contributed by atoms with E-state index in [2.05, 4.69) is 44.3 Å². The van der Waals surface area contributed by atoms with Crippen molar-refractivity contribution in [2.24, 2.45) is 0 Å². The molecule has 0 bridgehead atoms. The second kappa shape index (κ2) is 6.76. The summed E-state index contributed by atoms with van der Waals surface area (Å²) in [5.74, 6) is 0. The Hall–Kier alpha value is -0.0600. The van der Waals surface area contributed by atoms with Crippen LogP contribution in [-0.4, -0.2) is 22.5 Å². The van der Waals surface area contributed by atoms with Gasteiger partial charge >= 0.3 is 0 Å². The molecule has 1 N–H and O–H groups in total. The molecule has 0 fully saturated rings. The van der Waals surface area contributed by atoms with Gasteiger partial charge in [-0.1, -0.05) is 13.8 Å². The van der Waals surface area contributed by atoms with Gasteiger partial charge in [-0.15, -0.1) is 11.3 Å². The number of rotatable bonds is 7. The van der Waals surface area contributed by atoms with Gasteiger partial charge < -0.3 is 5.32 Å². The van der Waals surface area contributed by atoms with Crippen molar-refractivity contribution in [3.8, 4) is 0 Å². The van der Waals surface area contributed by atoms with Crippen molar-refractivity contribution in [3.05, 3.63) is 16.1 Å². The van der Waals surface area contributed by atoms with E-state index in [4.69, 9.17) is 0 Å². The van der Waals surface area contributed by atoms with Gasteiger partial charge in [-0.3, -0.25) is 0 Å². The van der Waals surface area contributed by atoms with E-state index in [-0.39, 0.29) is 0 Å². The highest BCUT2D eigenvalue weighted by Crippen LogP contribution is 2.31. The van der Waals surface area contributed by atoms with Gasteiger partial charge in [0.25, 0.3) is 0 Å². The fourth-order valence-corrected chi connectivity index (χ4v) is 3.66. The highest BCUT2D eigenvalue weighted by molar-refractivity contribution is 8.00. The zero-order valence-electron chi connectivity index (χ0n) is 11.5. The van der Waals surface area contributed by atoms with Crippen molar-refractivity contribution in [1.29, 1.82) is 0 Å². The molecular weight excluding hydrogens is 248 g/mol. The molecule has 0 aliphatic heterocycles. The van der Waals surface area contributed by atoms with Crippen molar-refractivity contribution in [2.45, 2.75) is 51.3 Å². The summed E-state index contributed by atoms with van der Waals surface area (Å²) in [6, 6.07) is 0.409. The first-order valence-electron chi connectivity index (χ1n) is 6.27. The number of nitrogens with one attached hydrogen (secondary N) is 1. The van der Waals surface area contributed by atoms with Crippen molar-refractivity contribution in [1.82, 2.24) is 10.3 Å². The summed E-state index contributed by atoms with van der Waals surface area (Å²) in [6.07, 6.45) is 4.65. The average Bonchev–Trinajstić information content (AvgIpc) is 2.78. The minimum Gasteiger partial charge on any atom is -0.308 e. The molecule has 98 valence electrons. The molecule has 1 unspecified atom stereocenters. The summed E-state index contributed by atoms with van der Waals surface area (Å²) in [5, 5.41) is 3.67. The molecule has 1 aromatic rings. The van der Waals surface area contributed by atoms with Gasteiger partial charge in [-0.2, -0.15) is 11.8 Å². The number of nitrogens with zero attached hydrogens (tertiary/aromatic N) is 1. The van der Waals surface area contributed by atoms with Crippen LogP contribution < -0.4 is 5.32 Å². The zero-order valence-corrected chi connectivity index (χ0v) is 13.2. The first-order valence-corrected chi connectivity index (χ1v) is 8.37. The summed E-state index contributed by atoms with van der Waals surface area (Å²) in [6.45, 7) is 9.96. The van der Waals surface area contributed by atoms with Gasteiger partial charge in [0.15, 0.2) is 0 Å². The molecule has 1 rings (SSSR count). The van der Waals surface area contributed by atoms with Gasteiger partial charge in [0.1, 0.15) is 0 Å². The van der Waals surface area contributed by atoms with E-state index in [0.717, 1.165) is 12.2 Å². The van der Waals surface area contributed by atoms with Crippen LogP contribution in [0.4, 0.5) is 0 Å². The summed E-state index contributed by atoms with van der Waals surface area (Å²) in [5.41, 5.74) is 3.10. The molecule has 0 saturated carbocycles. The third kappa shape index (κ3) is 3.70. The molecule has 0 radical (unpaired) electrons. The van der Waals surface area contributed by atoms with Crippen LogP contribution >= 0.6 is 23.1 Å². The molecule has 2 nitrogen and oxygen atoms in total. The number of aromatic nitrogens is 1. The molecule has 4 heteroatoms. The predicted octanol–water partition coefficient (Wildman–Crippen LogP) is 4.02. The Morgan fingerprint density at radius 1 is 1.47 bits per heavy atom. The summed E-state index contributed by atoms with van der Waals surface area (Å²) in [7, 11) is 0. The van der Waals surface area contributed by atoms with Crippen LogP contribution in [0.5, 0.6) is 0 Å². The number of thiazole rings is 1. The summed E-state index contributed by atoms with van der Waals surface area (Å²) < 4.78 is 0.382. The second-order valence-electron chi connectivity index (χ2n) is 4.50. The van der Waals surface area contributed by atoms with Gasteiger partial charge in [-0.05, 0) is 32.9 Å². The molecule has 0 aromatic carbocycles. The Balaban J connectivity index is 2.58. The van der Waals surface area contributed by atoms with Crippen LogP contribution in [0.25, 0.3) is 0 Å². The fraction of sp³-hybridized carbons (Fsp3) is 0.769. The van der Waals surface area contributed by atoms with Crippen LogP contribution in [0.3, 0.4) is 0 Å². The molecule has 0 spiro atoms. The van der Waals surface area contributed by atoms with Crippen molar-refractivity contribution in [2.75, 3.05) is 12.8 Å². The lowest BCUT2D eigenvalue weighted by Gasteiger charge is -2.31. The van der Waals surface area contributed by atoms with E-state index in [9.17, 15) is 0 Å². The largest absolute Gasteiger partial charge is 0.308 e. The minimum absolute atomic E-state index is 0.382. The van der Waals surface area contributed by atoms with E-state index in [0.29, 0.717) is 10.8 Å². The van der Waals surface area contributed by atoms with E-state index in [1.807, 2.05) is 17.3 Å². The van der Waals surface area contributed by atoms with Gasteiger partial charge in [0.05, 0.1) is 11.2 Å². The molecule has 17 heavy (non-hydrogen) atoms. The molecule has 0 aliphatic carbocycles. The van der Waals surface area contributed by atoms with Crippen LogP contribution in [0.2, 0.25) is 0 Å². The monoisotopic (exact) mass is 272 g/mol. The standard InChI is InChI=1S/C13H24N2S2/c1-6-13(7-2,16-5)8-14-10(3)12-11(4)15-9-17-12/h9-10,14H,6-8H2,1-5H3. The van der Waals surface area contributed by atoms with E-state index in [1.54, 1.807) is 11.3 Å². The second-order valence-corrected chi connectivity index (χ2v) is 6.66. The summed E-state index contributed by atoms with van der Waals surface area (Å²) >= 11 is 3.74. The lowest BCUT2D eigenvalue weighted by molar-refractivity contribution is 0.461. The lowest BCUT2D eigenvalue weighted by atomic mass is 10.0. The zero-order chi connectivity index (χ0) is 12.9. The molecular formula is C13H24N2S2. The van der Waals surface area contributed by atoms with Gasteiger partial charge in [-0.25, -0.2) is 4.98 Å². The molecule has 1 atom stereocenters. The van der Waals surface area contributed by atoms with Crippen molar-refractivity contribution >= 4 is 23.1 Å². The average molecular weight is 272 g/mol. The van der Waals surface area contributed by atoms with Crippen LogP contribution in [0.1, 0.15) is 50.2 Å². The predicted molar refractivity (Wildman–Crippen MR) is 80.1 cm³/mol. The quantitative estimate of drug-likeness (QED) is 0.811. The van der Waals surface area contributed by atoms with E-state index >= 15 is 0 Å². The third-order valence-corrected chi connectivity index (χ3v) is 6.33. The third-order valence-electron chi connectivity index (χ3n) is 3.63. The number of hydrogen-bond donors (Lipinski definition) is 1. The van der Waals surface area contributed by atoms with Gasteiger partial charge in [0.2, 0.25) is 0 Å². The molecule has 1 aromatic heterocycles. The smallest absolute Gasteiger partial charge is 0.0798 e. The Labute approximate surface area is 114 Å². The topological polar surface area (TPSA) is 24.9 Å². The lowest BCUT2D eigenvalue weighted by Crippen LogP contribution is -2.37. The molecule has 0 aliphatic rings. The molecule has 1 heterocycles.